The van der Waals surface area contributed by atoms with Crippen LogP contribution in [0, 0.1) is 0 Å². The van der Waals surface area contributed by atoms with E-state index in [-0.39, 0.29) is 12.5 Å². The minimum atomic E-state index is -0.558. The average Bonchev–Trinajstić information content (AvgIpc) is 3.18. The molecule has 4 rings (SSSR count). The maximum atomic E-state index is 12.7. The van der Waals surface area contributed by atoms with Crippen molar-refractivity contribution in [2.45, 2.75) is 0 Å². The second-order valence-corrected chi connectivity index (χ2v) is 6.22. The van der Waals surface area contributed by atoms with Crippen LogP contribution in [0.2, 0.25) is 0 Å². The van der Waals surface area contributed by atoms with Gasteiger partial charge < -0.3 is 15.8 Å². The van der Waals surface area contributed by atoms with Crippen LogP contribution in [-0.4, -0.2) is 33.0 Å². The van der Waals surface area contributed by atoms with Crippen molar-refractivity contribution in [1.82, 2.24) is 14.6 Å². The van der Waals surface area contributed by atoms with Crippen molar-refractivity contribution in [2.75, 3.05) is 11.9 Å². The zero-order valence-electron chi connectivity index (χ0n) is 15.3. The lowest BCUT2D eigenvalue weighted by Crippen LogP contribution is -2.20. The van der Waals surface area contributed by atoms with Gasteiger partial charge in [0.05, 0.1) is 11.9 Å². The van der Waals surface area contributed by atoms with Crippen LogP contribution >= 0.6 is 0 Å². The van der Waals surface area contributed by atoms with Gasteiger partial charge >= 0.3 is 0 Å². The van der Waals surface area contributed by atoms with E-state index in [1.165, 1.54) is 6.20 Å². The quantitative estimate of drug-likeness (QED) is 0.528. The topological polar surface area (TPSA) is 112 Å². The number of anilines is 1. The number of ether oxygens (including phenoxy) is 1. The molecule has 3 N–H and O–H groups in total. The molecule has 0 fully saturated rings. The van der Waals surface area contributed by atoms with Gasteiger partial charge in [-0.25, -0.2) is 9.50 Å². The lowest BCUT2D eigenvalue weighted by Gasteiger charge is -2.07. The van der Waals surface area contributed by atoms with E-state index in [0.29, 0.717) is 22.6 Å². The molecule has 8 heteroatoms. The number of nitrogens with one attached hydrogen (secondary N) is 1. The van der Waals surface area contributed by atoms with Gasteiger partial charge in [0.1, 0.15) is 11.3 Å². The minimum Gasteiger partial charge on any atom is -0.484 e. The van der Waals surface area contributed by atoms with Crippen molar-refractivity contribution in [1.29, 1.82) is 0 Å². The van der Waals surface area contributed by atoms with Gasteiger partial charge in [0.15, 0.2) is 12.3 Å². The standard InChI is InChI=1S/C21H17N5O3/c22-19(27)13-29-16-8-6-15(7-9-16)25-21(28)17-12-24-26-18(10-11-23-20(17)26)14-4-2-1-3-5-14/h1-12H,13H2,(H2,22,27)(H,25,28). The molecule has 2 heterocycles. The Morgan fingerprint density at radius 1 is 1.03 bits per heavy atom. The number of carbonyl (C=O) groups is 2. The van der Waals surface area contributed by atoms with Crippen LogP contribution < -0.4 is 15.8 Å². The molecule has 144 valence electrons. The Morgan fingerprint density at radius 3 is 2.52 bits per heavy atom. The zero-order chi connectivity index (χ0) is 20.2. The van der Waals surface area contributed by atoms with E-state index >= 15 is 0 Å². The molecule has 0 unspecified atom stereocenters. The molecule has 4 aromatic rings. The SMILES string of the molecule is NC(=O)COc1ccc(NC(=O)c2cnn3c(-c4ccccc4)ccnc23)cc1. The Kier molecular flexibility index (Phi) is 4.90. The van der Waals surface area contributed by atoms with Gasteiger partial charge in [-0.2, -0.15) is 5.10 Å². The molecule has 2 aromatic heterocycles. The van der Waals surface area contributed by atoms with E-state index in [1.807, 2.05) is 36.4 Å². The molecule has 0 radical (unpaired) electrons. The van der Waals surface area contributed by atoms with Gasteiger partial charge in [0.25, 0.3) is 11.8 Å². The first-order valence-electron chi connectivity index (χ1n) is 8.82. The summed E-state index contributed by atoms with van der Waals surface area (Å²) in [5.41, 5.74) is 8.25. The number of nitrogens with two attached hydrogens (primary N) is 1. The van der Waals surface area contributed by atoms with Crippen LogP contribution in [0.15, 0.2) is 73.1 Å². The highest BCUT2D eigenvalue weighted by Gasteiger charge is 2.16. The Bertz CT molecular complexity index is 1170. The minimum absolute atomic E-state index is 0.205. The highest BCUT2D eigenvalue weighted by atomic mass is 16.5. The third-order valence-corrected chi connectivity index (χ3v) is 4.21. The number of aromatic nitrogens is 3. The molecule has 0 aliphatic heterocycles. The van der Waals surface area contributed by atoms with Crippen LogP contribution in [0.1, 0.15) is 10.4 Å². The largest absolute Gasteiger partial charge is 0.484 e. The number of benzene rings is 2. The Hall–Kier alpha value is -4.20. The summed E-state index contributed by atoms with van der Waals surface area (Å²) in [6, 6.07) is 18.2. The smallest absolute Gasteiger partial charge is 0.261 e. The fourth-order valence-corrected chi connectivity index (χ4v) is 2.87. The van der Waals surface area contributed by atoms with Crippen molar-refractivity contribution < 1.29 is 14.3 Å². The monoisotopic (exact) mass is 387 g/mol. The molecule has 2 amide bonds. The van der Waals surface area contributed by atoms with E-state index in [1.54, 1.807) is 35.0 Å². The van der Waals surface area contributed by atoms with Crippen molar-refractivity contribution >= 4 is 23.1 Å². The van der Waals surface area contributed by atoms with E-state index in [9.17, 15) is 9.59 Å². The fourth-order valence-electron chi connectivity index (χ4n) is 2.87. The third-order valence-electron chi connectivity index (χ3n) is 4.21. The number of amides is 2. The van der Waals surface area contributed by atoms with Crippen LogP contribution in [0.3, 0.4) is 0 Å². The fraction of sp³-hybridized carbons (Fsp3) is 0.0476. The number of hydrogen-bond donors (Lipinski definition) is 2. The summed E-state index contributed by atoms with van der Waals surface area (Å²) in [4.78, 5) is 27.8. The summed E-state index contributed by atoms with van der Waals surface area (Å²) < 4.78 is 6.85. The lowest BCUT2D eigenvalue weighted by molar-refractivity contribution is -0.119. The molecular formula is C21H17N5O3. The maximum Gasteiger partial charge on any atom is 0.261 e. The summed E-state index contributed by atoms with van der Waals surface area (Å²) in [5.74, 6) is -0.409. The molecule has 0 bridgehead atoms. The average molecular weight is 387 g/mol. The molecule has 0 spiro atoms. The molecule has 0 aliphatic rings. The van der Waals surface area contributed by atoms with Crippen LogP contribution in [0.25, 0.3) is 16.9 Å². The first-order chi connectivity index (χ1) is 14.1. The molecule has 0 saturated heterocycles. The summed E-state index contributed by atoms with van der Waals surface area (Å²) in [6.07, 6.45) is 3.15. The molecule has 8 nitrogen and oxygen atoms in total. The molecule has 2 aromatic carbocycles. The normalized spacial score (nSPS) is 10.6. The van der Waals surface area contributed by atoms with Gasteiger partial charge in [-0.3, -0.25) is 9.59 Å². The van der Waals surface area contributed by atoms with Gasteiger partial charge in [-0.1, -0.05) is 30.3 Å². The van der Waals surface area contributed by atoms with Crippen LogP contribution in [0.5, 0.6) is 5.75 Å². The third kappa shape index (κ3) is 3.91. The summed E-state index contributed by atoms with van der Waals surface area (Å²) in [6.45, 7) is -0.205. The van der Waals surface area contributed by atoms with Gasteiger partial charge in [-0.15, -0.1) is 0 Å². The van der Waals surface area contributed by atoms with Gasteiger partial charge in [0.2, 0.25) is 0 Å². The second-order valence-electron chi connectivity index (χ2n) is 6.22. The lowest BCUT2D eigenvalue weighted by atomic mass is 10.1. The highest BCUT2D eigenvalue weighted by molar-refractivity contribution is 6.08. The van der Waals surface area contributed by atoms with E-state index in [4.69, 9.17) is 10.5 Å². The zero-order valence-corrected chi connectivity index (χ0v) is 15.3. The maximum absolute atomic E-state index is 12.7. The Balaban J connectivity index is 1.56. The molecule has 0 aliphatic carbocycles. The summed E-state index contributed by atoms with van der Waals surface area (Å²) >= 11 is 0. The van der Waals surface area contributed by atoms with Crippen molar-refractivity contribution in [2.24, 2.45) is 5.73 Å². The summed E-state index contributed by atoms with van der Waals surface area (Å²) in [5, 5.41) is 7.15. The van der Waals surface area contributed by atoms with Crippen molar-refractivity contribution in [3.63, 3.8) is 0 Å². The summed E-state index contributed by atoms with van der Waals surface area (Å²) in [7, 11) is 0. The van der Waals surface area contributed by atoms with Crippen LogP contribution in [0.4, 0.5) is 5.69 Å². The van der Waals surface area contributed by atoms with Gasteiger partial charge in [-0.05, 0) is 30.3 Å². The van der Waals surface area contributed by atoms with E-state index in [0.717, 1.165) is 11.3 Å². The first-order valence-corrected chi connectivity index (χ1v) is 8.82. The number of rotatable bonds is 6. The Labute approximate surface area is 165 Å². The van der Waals surface area contributed by atoms with Crippen LogP contribution in [-0.2, 0) is 4.79 Å². The van der Waals surface area contributed by atoms with Crippen molar-refractivity contribution in [3.8, 4) is 17.0 Å². The number of carbonyl (C=O) groups excluding carboxylic acids is 2. The number of nitrogens with zero attached hydrogens (tertiary/aromatic N) is 3. The number of primary amides is 1. The highest BCUT2D eigenvalue weighted by Crippen LogP contribution is 2.22. The number of fused-ring (bicyclic) bond motifs is 1. The number of hydrogen-bond acceptors (Lipinski definition) is 5. The molecule has 29 heavy (non-hydrogen) atoms. The first kappa shape index (κ1) is 18.2. The molecule has 0 atom stereocenters. The Morgan fingerprint density at radius 2 is 1.79 bits per heavy atom. The predicted molar refractivity (Wildman–Crippen MR) is 108 cm³/mol. The van der Waals surface area contributed by atoms with Gasteiger partial charge in [0, 0.05) is 17.4 Å². The van der Waals surface area contributed by atoms with E-state index < -0.39 is 5.91 Å². The van der Waals surface area contributed by atoms with Crippen molar-refractivity contribution in [3.05, 3.63) is 78.6 Å². The molecular weight excluding hydrogens is 370 g/mol. The second kappa shape index (κ2) is 7.81. The van der Waals surface area contributed by atoms with E-state index in [2.05, 4.69) is 15.4 Å². The predicted octanol–water partition coefficient (Wildman–Crippen LogP) is 2.51. The molecule has 0 saturated carbocycles.